The van der Waals surface area contributed by atoms with Crippen molar-refractivity contribution in [2.75, 3.05) is 0 Å². The van der Waals surface area contributed by atoms with Crippen LogP contribution in [0.15, 0.2) is 30.7 Å². The molecular formula is C11H8IrN3-. The Hall–Kier alpha value is -1.25. The van der Waals surface area contributed by atoms with Crippen LogP contribution in [-0.4, -0.2) is 9.97 Å². The van der Waals surface area contributed by atoms with Gasteiger partial charge >= 0.3 is 0 Å². The minimum absolute atomic E-state index is 0. The molecule has 0 aliphatic rings. The Bertz CT molecular complexity index is 615. The van der Waals surface area contributed by atoms with Crippen LogP contribution in [0.25, 0.3) is 21.9 Å². The summed E-state index contributed by atoms with van der Waals surface area (Å²) in [6, 6.07) is 6.08. The monoisotopic (exact) mass is 375 g/mol. The minimum Gasteiger partial charge on any atom is -0.443 e. The van der Waals surface area contributed by atoms with Crippen molar-refractivity contribution < 1.29 is 20.1 Å². The van der Waals surface area contributed by atoms with Crippen LogP contribution in [0.1, 0.15) is 5.56 Å². The van der Waals surface area contributed by atoms with E-state index in [4.69, 9.17) is 0 Å². The first kappa shape index (κ1) is 10.3. The molecule has 2 aromatic heterocycles. The second-order valence-electron chi connectivity index (χ2n) is 3.34. The molecule has 0 saturated heterocycles. The van der Waals surface area contributed by atoms with Crippen molar-refractivity contribution in [2.45, 2.75) is 6.92 Å². The van der Waals surface area contributed by atoms with E-state index in [2.05, 4.69) is 21.0 Å². The van der Waals surface area contributed by atoms with Crippen molar-refractivity contribution in [3.05, 3.63) is 36.3 Å². The molecule has 3 aromatic rings. The number of hydrogen-bond acceptors (Lipinski definition) is 2. The molecule has 77 valence electrons. The van der Waals surface area contributed by atoms with E-state index in [0.717, 1.165) is 27.5 Å². The van der Waals surface area contributed by atoms with E-state index in [9.17, 15) is 0 Å². The Balaban J connectivity index is 0.000000853. The van der Waals surface area contributed by atoms with Gasteiger partial charge in [-0.15, -0.1) is 0 Å². The van der Waals surface area contributed by atoms with Gasteiger partial charge in [0, 0.05) is 31.7 Å². The molecule has 3 nitrogen and oxygen atoms in total. The molecule has 2 heterocycles. The van der Waals surface area contributed by atoms with Crippen LogP contribution in [0.3, 0.4) is 0 Å². The van der Waals surface area contributed by atoms with Gasteiger partial charge in [0.25, 0.3) is 0 Å². The zero-order chi connectivity index (χ0) is 9.54. The van der Waals surface area contributed by atoms with Gasteiger partial charge in [-0.25, -0.2) is 0 Å². The van der Waals surface area contributed by atoms with Gasteiger partial charge in [-0.1, -0.05) is 12.4 Å². The number of aromatic nitrogens is 3. The Kier molecular flexibility index (Phi) is 2.55. The number of hydrogen-bond donors (Lipinski definition) is 0. The zero-order valence-electron chi connectivity index (χ0n) is 8.06. The van der Waals surface area contributed by atoms with E-state index >= 15 is 0 Å². The summed E-state index contributed by atoms with van der Waals surface area (Å²) in [7, 11) is 0. The number of pyridine rings is 1. The molecule has 0 N–H and O–H groups in total. The summed E-state index contributed by atoms with van der Waals surface area (Å²) in [5.74, 6) is 0. The van der Waals surface area contributed by atoms with Gasteiger partial charge in [-0.2, -0.15) is 0 Å². The fourth-order valence-corrected chi connectivity index (χ4v) is 1.76. The average molecular weight is 374 g/mol. The van der Waals surface area contributed by atoms with Crippen LogP contribution in [0.2, 0.25) is 0 Å². The summed E-state index contributed by atoms with van der Waals surface area (Å²) in [6.45, 7) is 2.05. The van der Waals surface area contributed by atoms with Gasteiger partial charge in [0.1, 0.15) is 0 Å². The molecule has 0 saturated carbocycles. The Morgan fingerprint density at radius 3 is 2.93 bits per heavy atom. The second-order valence-corrected chi connectivity index (χ2v) is 3.34. The van der Waals surface area contributed by atoms with Crippen LogP contribution in [0, 0.1) is 6.92 Å². The predicted molar refractivity (Wildman–Crippen MR) is 55.1 cm³/mol. The fraction of sp³-hybridized carbons (Fsp3) is 0.0909. The Labute approximate surface area is 100 Å². The van der Waals surface area contributed by atoms with Gasteiger partial charge in [0.05, 0.1) is 5.52 Å². The maximum Gasteiger partial charge on any atom is 0.0736 e. The smallest absolute Gasteiger partial charge is 0.0736 e. The first-order valence-electron chi connectivity index (χ1n) is 4.48. The molecular weight excluding hydrogens is 366 g/mol. The van der Waals surface area contributed by atoms with Gasteiger partial charge in [0.2, 0.25) is 0 Å². The summed E-state index contributed by atoms with van der Waals surface area (Å²) in [5.41, 5.74) is 3.94. The number of nitrogens with zero attached hydrogens (tertiary/aromatic N) is 3. The molecule has 0 bridgehead atoms. The molecule has 0 unspecified atom stereocenters. The van der Waals surface area contributed by atoms with Crippen molar-refractivity contribution >= 4 is 21.9 Å². The normalized spacial score (nSPS) is 10.5. The van der Waals surface area contributed by atoms with Crippen LogP contribution >= 0.6 is 0 Å². The van der Waals surface area contributed by atoms with E-state index in [0.29, 0.717) is 0 Å². The summed E-state index contributed by atoms with van der Waals surface area (Å²) >= 11 is 0. The molecule has 0 amide bonds. The average Bonchev–Trinajstić information content (AvgIpc) is 2.67. The molecule has 0 spiro atoms. The number of aryl methyl sites for hydroxylation is 1. The summed E-state index contributed by atoms with van der Waals surface area (Å²) in [4.78, 5) is 12.8. The maximum absolute atomic E-state index is 4.32. The standard InChI is InChI=1S/C11H8N3.Ir/c1-7-5-8-3-2-4-12-10(8)11-9(7)13-6-14-11;/h2-6H,1H3;/q-1;. The van der Waals surface area contributed by atoms with E-state index in [-0.39, 0.29) is 20.1 Å². The fourth-order valence-electron chi connectivity index (χ4n) is 1.76. The third kappa shape index (κ3) is 1.46. The summed E-state index contributed by atoms with van der Waals surface area (Å²) < 4.78 is 0. The molecule has 4 heteroatoms. The van der Waals surface area contributed by atoms with Gasteiger partial charge in [-0.05, 0) is 35.7 Å². The molecule has 0 fully saturated rings. The molecule has 1 aromatic carbocycles. The van der Waals surface area contributed by atoms with Crippen LogP contribution in [-0.2, 0) is 20.1 Å². The van der Waals surface area contributed by atoms with Crippen molar-refractivity contribution in [1.82, 2.24) is 15.0 Å². The molecule has 0 aliphatic heterocycles. The van der Waals surface area contributed by atoms with Crippen molar-refractivity contribution in [1.29, 1.82) is 0 Å². The van der Waals surface area contributed by atoms with Crippen LogP contribution in [0.5, 0.6) is 0 Å². The number of rotatable bonds is 0. The Morgan fingerprint density at radius 2 is 2.07 bits per heavy atom. The van der Waals surface area contributed by atoms with Gasteiger partial charge in [0.15, 0.2) is 0 Å². The molecule has 15 heavy (non-hydrogen) atoms. The quantitative estimate of drug-likeness (QED) is 0.605. The van der Waals surface area contributed by atoms with Crippen molar-refractivity contribution in [3.8, 4) is 0 Å². The Morgan fingerprint density at radius 1 is 1.20 bits per heavy atom. The molecule has 0 atom stereocenters. The minimum atomic E-state index is 0. The first-order chi connectivity index (χ1) is 6.86. The van der Waals surface area contributed by atoms with E-state index in [1.54, 1.807) is 12.5 Å². The first-order valence-corrected chi connectivity index (χ1v) is 4.48. The topological polar surface area (TPSA) is 39.9 Å². The summed E-state index contributed by atoms with van der Waals surface area (Å²) in [5, 5.41) is 1.12. The predicted octanol–water partition coefficient (Wildman–Crippen LogP) is 2.05. The van der Waals surface area contributed by atoms with Gasteiger partial charge < -0.3 is 9.97 Å². The van der Waals surface area contributed by atoms with Crippen molar-refractivity contribution in [3.63, 3.8) is 0 Å². The SMILES string of the molecule is Cc1cc2cccnc2c2[n-]cnc12.[Ir]. The zero-order valence-corrected chi connectivity index (χ0v) is 10.5. The van der Waals surface area contributed by atoms with Gasteiger partial charge in [-0.3, -0.25) is 4.98 Å². The van der Waals surface area contributed by atoms with E-state index < -0.39 is 0 Å². The van der Waals surface area contributed by atoms with Crippen molar-refractivity contribution in [2.24, 2.45) is 0 Å². The molecule has 3 rings (SSSR count). The largest absolute Gasteiger partial charge is 0.443 e. The molecule has 0 aliphatic carbocycles. The van der Waals surface area contributed by atoms with Crippen LogP contribution in [0.4, 0.5) is 0 Å². The number of benzene rings is 1. The maximum atomic E-state index is 4.32. The van der Waals surface area contributed by atoms with Crippen LogP contribution < -0.4 is 4.98 Å². The second kappa shape index (κ2) is 3.72. The third-order valence-corrected chi connectivity index (χ3v) is 2.41. The number of fused-ring (bicyclic) bond motifs is 3. The summed E-state index contributed by atoms with van der Waals surface area (Å²) in [6.07, 6.45) is 3.37. The molecule has 1 radical (unpaired) electrons. The van der Waals surface area contributed by atoms with E-state index in [1.807, 2.05) is 19.1 Å². The third-order valence-electron chi connectivity index (χ3n) is 2.41. The van der Waals surface area contributed by atoms with E-state index in [1.165, 1.54) is 0 Å². The number of imidazole rings is 1.